The molecule has 1 atom stereocenters. The molecule has 0 bridgehead atoms. The average Bonchev–Trinajstić information content (AvgIpc) is 2.37. The van der Waals surface area contributed by atoms with Crippen molar-refractivity contribution in [2.24, 2.45) is 0 Å². The predicted molar refractivity (Wildman–Crippen MR) is 37.3 cm³/mol. The second-order valence-corrected chi connectivity index (χ2v) is 2.32. The summed E-state index contributed by atoms with van der Waals surface area (Å²) in [7, 11) is 0. The van der Waals surface area contributed by atoms with E-state index in [1.807, 2.05) is 0 Å². The summed E-state index contributed by atoms with van der Waals surface area (Å²) in [5, 5.41) is 9.64. The standard InChI is InChI=1S/C5H7BrN2O/c6-1-5(9)4-2-7-3-8-4/h2-3,5,9H,1H2,(H,7,8). The monoisotopic (exact) mass is 190 g/mol. The molecule has 0 saturated carbocycles. The predicted octanol–water partition coefficient (Wildman–Crippen LogP) is 0.838. The molecule has 1 rings (SSSR count). The maximum absolute atomic E-state index is 9.10. The van der Waals surface area contributed by atoms with Crippen molar-refractivity contribution in [1.82, 2.24) is 9.97 Å². The molecule has 4 heteroatoms. The van der Waals surface area contributed by atoms with Gasteiger partial charge in [-0.2, -0.15) is 0 Å². The summed E-state index contributed by atoms with van der Waals surface area (Å²) in [6, 6.07) is 0. The highest BCUT2D eigenvalue weighted by atomic mass is 79.9. The van der Waals surface area contributed by atoms with Crippen LogP contribution in [-0.4, -0.2) is 20.4 Å². The largest absolute Gasteiger partial charge is 0.386 e. The SMILES string of the molecule is OC(CBr)c1cnc[nH]1. The summed E-state index contributed by atoms with van der Waals surface area (Å²) in [4.78, 5) is 6.55. The minimum Gasteiger partial charge on any atom is -0.386 e. The molecule has 0 aliphatic rings. The van der Waals surface area contributed by atoms with E-state index in [2.05, 4.69) is 25.9 Å². The summed E-state index contributed by atoms with van der Waals surface area (Å²) in [6.07, 6.45) is 2.68. The van der Waals surface area contributed by atoms with Crippen LogP contribution in [0.4, 0.5) is 0 Å². The lowest BCUT2D eigenvalue weighted by Gasteiger charge is -2.00. The number of rotatable bonds is 2. The maximum Gasteiger partial charge on any atom is 0.105 e. The van der Waals surface area contributed by atoms with E-state index >= 15 is 0 Å². The van der Waals surface area contributed by atoms with Crippen LogP contribution in [0.1, 0.15) is 11.8 Å². The first-order valence-corrected chi connectivity index (χ1v) is 3.69. The first-order valence-electron chi connectivity index (χ1n) is 2.57. The van der Waals surface area contributed by atoms with E-state index in [4.69, 9.17) is 5.11 Å². The van der Waals surface area contributed by atoms with Crippen molar-refractivity contribution in [3.8, 4) is 0 Å². The molecule has 0 radical (unpaired) electrons. The number of hydrogen-bond acceptors (Lipinski definition) is 2. The van der Waals surface area contributed by atoms with E-state index < -0.39 is 6.10 Å². The molecule has 0 aliphatic carbocycles. The lowest BCUT2D eigenvalue weighted by Crippen LogP contribution is -1.97. The number of aromatic nitrogens is 2. The summed E-state index contributed by atoms with van der Waals surface area (Å²) in [6.45, 7) is 0. The van der Waals surface area contributed by atoms with Crippen LogP contribution in [0.15, 0.2) is 12.5 Å². The molecule has 1 unspecified atom stereocenters. The molecule has 1 aromatic rings. The number of aliphatic hydroxyl groups is 1. The second-order valence-electron chi connectivity index (χ2n) is 1.68. The van der Waals surface area contributed by atoms with E-state index in [0.29, 0.717) is 5.33 Å². The van der Waals surface area contributed by atoms with E-state index in [1.54, 1.807) is 12.5 Å². The third kappa shape index (κ3) is 1.53. The molecule has 0 aromatic carbocycles. The van der Waals surface area contributed by atoms with Crippen LogP contribution in [0.5, 0.6) is 0 Å². The maximum atomic E-state index is 9.10. The second kappa shape index (κ2) is 2.98. The Morgan fingerprint density at radius 1 is 1.89 bits per heavy atom. The van der Waals surface area contributed by atoms with Crippen molar-refractivity contribution in [2.75, 3.05) is 5.33 Å². The topological polar surface area (TPSA) is 48.9 Å². The van der Waals surface area contributed by atoms with Gasteiger partial charge in [0.1, 0.15) is 6.10 Å². The van der Waals surface area contributed by atoms with Crippen LogP contribution in [0.3, 0.4) is 0 Å². The number of halogens is 1. The summed E-state index contributed by atoms with van der Waals surface area (Å²) < 4.78 is 0. The fourth-order valence-electron chi connectivity index (χ4n) is 0.532. The van der Waals surface area contributed by atoms with Crippen molar-refractivity contribution in [1.29, 1.82) is 0 Å². The zero-order chi connectivity index (χ0) is 6.69. The Kier molecular flexibility index (Phi) is 2.24. The van der Waals surface area contributed by atoms with Gasteiger partial charge in [-0.1, -0.05) is 15.9 Å². The van der Waals surface area contributed by atoms with Crippen LogP contribution in [-0.2, 0) is 0 Å². The van der Waals surface area contributed by atoms with Crippen LogP contribution >= 0.6 is 15.9 Å². The highest BCUT2D eigenvalue weighted by Crippen LogP contribution is 2.09. The van der Waals surface area contributed by atoms with Crippen molar-refractivity contribution in [3.63, 3.8) is 0 Å². The smallest absolute Gasteiger partial charge is 0.105 e. The minimum atomic E-state index is -0.465. The Morgan fingerprint density at radius 2 is 2.67 bits per heavy atom. The first-order chi connectivity index (χ1) is 4.34. The molecule has 1 aromatic heterocycles. The molecule has 0 spiro atoms. The zero-order valence-corrected chi connectivity index (χ0v) is 6.30. The normalized spacial score (nSPS) is 13.6. The fourth-order valence-corrected chi connectivity index (χ4v) is 0.881. The molecule has 0 saturated heterocycles. The van der Waals surface area contributed by atoms with E-state index in [9.17, 15) is 0 Å². The quantitative estimate of drug-likeness (QED) is 0.680. The molecular weight excluding hydrogens is 184 g/mol. The molecule has 0 amide bonds. The Morgan fingerprint density at radius 3 is 3.11 bits per heavy atom. The van der Waals surface area contributed by atoms with Crippen molar-refractivity contribution < 1.29 is 5.11 Å². The van der Waals surface area contributed by atoms with Crippen LogP contribution < -0.4 is 0 Å². The van der Waals surface area contributed by atoms with Gasteiger partial charge in [-0.25, -0.2) is 4.98 Å². The lowest BCUT2D eigenvalue weighted by atomic mass is 10.3. The Balaban J connectivity index is 2.65. The van der Waals surface area contributed by atoms with Gasteiger partial charge in [0.25, 0.3) is 0 Å². The van der Waals surface area contributed by atoms with Gasteiger partial charge >= 0.3 is 0 Å². The number of nitrogens with zero attached hydrogens (tertiary/aromatic N) is 1. The summed E-state index contributed by atoms with van der Waals surface area (Å²) >= 11 is 3.14. The van der Waals surface area contributed by atoms with Gasteiger partial charge in [0.15, 0.2) is 0 Å². The third-order valence-electron chi connectivity index (χ3n) is 1.02. The number of aliphatic hydroxyl groups excluding tert-OH is 1. The van der Waals surface area contributed by atoms with Crippen LogP contribution in [0.25, 0.3) is 0 Å². The van der Waals surface area contributed by atoms with E-state index in [0.717, 1.165) is 5.69 Å². The summed E-state index contributed by atoms with van der Waals surface area (Å²) in [5.74, 6) is 0. The third-order valence-corrected chi connectivity index (χ3v) is 1.64. The average molecular weight is 191 g/mol. The first kappa shape index (κ1) is 6.77. The number of nitrogens with one attached hydrogen (secondary N) is 1. The summed E-state index contributed by atoms with van der Waals surface area (Å²) in [5.41, 5.74) is 0.742. The fraction of sp³-hybridized carbons (Fsp3) is 0.400. The van der Waals surface area contributed by atoms with Crippen molar-refractivity contribution in [2.45, 2.75) is 6.10 Å². The van der Waals surface area contributed by atoms with Crippen LogP contribution in [0.2, 0.25) is 0 Å². The van der Waals surface area contributed by atoms with Gasteiger partial charge in [-0.15, -0.1) is 0 Å². The van der Waals surface area contributed by atoms with Gasteiger partial charge in [-0.3, -0.25) is 0 Å². The molecule has 2 N–H and O–H groups in total. The zero-order valence-electron chi connectivity index (χ0n) is 4.71. The number of hydrogen-bond donors (Lipinski definition) is 2. The van der Waals surface area contributed by atoms with Crippen LogP contribution in [0, 0.1) is 0 Å². The van der Waals surface area contributed by atoms with Gasteiger partial charge in [0, 0.05) is 5.33 Å². The number of aromatic amines is 1. The molecule has 0 fully saturated rings. The van der Waals surface area contributed by atoms with Gasteiger partial charge in [0.2, 0.25) is 0 Å². The van der Waals surface area contributed by atoms with Crippen molar-refractivity contribution >= 4 is 15.9 Å². The van der Waals surface area contributed by atoms with E-state index in [1.165, 1.54) is 0 Å². The van der Waals surface area contributed by atoms with Gasteiger partial charge in [-0.05, 0) is 0 Å². The Bertz CT molecular complexity index is 163. The number of imidazole rings is 1. The number of alkyl halides is 1. The van der Waals surface area contributed by atoms with E-state index in [-0.39, 0.29) is 0 Å². The molecular formula is C5H7BrN2O. The van der Waals surface area contributed by atoms with Gasteiger partial charge in [0.05, 0.1) is 18.2 Å². The minimum absolute atomic E-state index is 0.465. The molecule has 1 heterocycles. The Labute approximate surface area is 61.3 Å². The molecule has 9 heavy (non-hydrogen) atoms. The van der Waals surface area contributed by atoms with Crippen molar-refractivity contribution in [3.05, 3.63) is 18.2 Å². The highest BCUT2D eigenvalue weighted by Gasteiger charge is 2.04. The molecule has 50 valence electrons. The number of H-pyrrole nitrogens is 1. The molecule has 3 nitrogen and oxygen atoms in total. The molecule has 0 aliphatic heterocycles. The van der Waals surface area contributed by atoms with Gasteiger partial charge < -0.3 is 10.1 Å². The highest BCUT2D eigenvalue weighted by molar-refractivity contribution is 9.09. The lowest BCUT2D eigenvalue weighted by molar-refractivity contribution is 0.201. The Hall–Kier alpha value is -0.350.